The van der Waals surface area contributed by atoms with Crippen molar-refractivity contribution >= 4 is 15.8 Å². The van der Waals surface area contributed by atoms with Crippen molar-refractivity contribution in [2.24, 2.45) is 10.4 Å². The monoisotopic (exact) mass is 423 g/mol. The van der Waals surface area contributed by atoms with E-state index in [2.05, 4.69) is 38.3 Å². The molecule has 1 aliphatic rings. The average Bonchev–Trinajstić information content (AvgIpc) is 2.66. The molecule has 1 aliphatic carbocycles. The zero-order valence-electron chi connectivity index (χ0n) is 18.5. The van der Waals surface area contributed by atoms with Crippen molar-refractivity contribution in [1.29, 1.82) is 0 Å². The number of hydrogen-bond donors (Lipinski definition) is 2. The Labute approximate surface area is 176 Å². The van der Waals surface area contributed by atoms with Crippen molar-refractivity contribution in [2.45, 2.75) is 71.4 Å². The van der Waals surface area contributed by atoms with E-state index in [1.165, 1.54) is 6.26 Å². The molecule has 0 bridgehead atoms. The van der Waals surface area contributed by atoms with E-state index in [0.29, 0.717) is 18.7 Å². The summed E-state index contributed by atoms with van der Waals surface area (Å²) >= 11 is 0. The molecule has 0 aliphatic heterocycles. The third-order valence-electron chi connectivity index (χ3n) is 6.00. The lowest BCUT2D eigenvalue weighted by Crippen LogP contribution is -2.65. The average molecular weight is 424 g/mol. The summed E-state index contributed by atoms with van der Waals surface area (Å²) < 4.78 is 28.8. The second kappa shape index (κ2) is 10.4. The van der Waals surface area contributed by atoms with Crippen LogP contribution in [0.1, 0.15) is 58.1 Å². The van der Waals surface area contributed by atoms with Gasteiger partial charge in [-0.2, -0.15) is 0 Å². The van der Waals surface area contributed by atoms with Gasteiger partial charge in [0, 0.05) is 30.9 Å². The zero-order valence-corrected chi connectivity index (χ0v) is 19.3. The predicted octanol–water partition coefficient (Wildman–Crippen LogP) is 3.27. The molecule has 2 rings (SSSR count). The largest absolute Gasteiger partial charge is 0.378 e. The highest BCUT2D eigenvalue weighted by Gasteiger charge is 2.53. The maximum Gasteiger partial charge on any atom is 0.191 e. The highest BCUT2D eigenvalue weighted by molar-refractivity contribution is 7.89. The van der Waals surface area contributed by atoms with Crippen LogP contribution in [0.15, 0.2) is 29.3 Å². The molecule has 1 saturated carbocycles. The third kappa shape index (κ3) is 6.19. The first-order valence-corrected chi connectivity index (χ1v) is 12.8. The number of benzene rings is 1. The highest BCUT2D eigenvalue weighted by Crippen LogP contribution is 2.48. The number of aliphatic imine (C=N–C) groups is 1. The van der Waals surface area contributed by atoms with Gasteiger partial charge in [0.25, 0.3) is 0 Å². The summed E-state index contributed by atoms with van der Waals surface area (Å²) in [6.45, 7) is 10.7. The van der Waals surface area contributed by atoms with Crippen LogP contribution in [-0.4, -0.2) is 45.9 Å². The van der Waals surface area contributed by atoms with Gasteiger partial charge in [-0.15, -0.1) is 0 Å². The van der Waals surface area contributed by atoms with Crippen molar-refractivity contribution < 1.29 is 13.2 Å². The van der Waals surface area contributed by atoms with Gasteiger partial charge in [0.2, 0.25) is 0 Å². The Morgan fingerprint density at radius 3 is 2.28 bits per heavy atom. The van der Waals surface area contributed by atoms with Crippen molar-refractivity contribution in [3.8, 4) is 0 Å². The molecular formula is C22H37N3O3S. The molecule has 2 N–H and O–H groups in total. The van der Waals surface area contributed by atoms with Crippen LogP contribution in [0, 0.1) is 5.41 Å². The third-order valence-corrected chi connectivity index (χ3v) is 6.85. The van der Waals surface area contributed by atoms with Crippen LogP contribution in [0.5, 0.6) is 0 Å². The predicted molar refractivity (Wildman–Crippen MR) is 120 cm³/mol. The van der Waals surface area contributed by atoms with Crippen LogP contribution in [0.4, 0.5) is 0 Å². The lowest BCUT2D eigenvalue weighted by atomic mass is 9.58. The Morgan fingerprint density at radius 1 is 1.14 bits per heavy atom. The van der Waals surface area contributed by atoms with Crippen molar-refractivity contribution in [3.63, 3.8) is 0 Å². The quantitative estimate of drug-likeness (QED) is 0.446. The van der Waals surface area contributed by atoms with Crippen LogP contribution < -0.4 is 10.6 Å². The van der Waals surface area contributed by atoms with Crippen molar-refractivity contribution in [3.05, 3.63) is 35.4 Å². The van der Waals surface area contributed by atoms with E-state index < -0.39 is 9.84 Å². The van der Waals surface area contributed by atoms with Gasteiger partial charge in [-0.05, 0) is 44.2 Å². The molecular weight excluding hydrogens is 386 g/mol. The second-order valence-corrected chi connectivity index (χ2v) is 10.0. The fraction of sp³-hybridized carbons (Fsp3) is 0.682. The first kappa shape index (κ1) is 23.7. The Kier molecular flexibility index (Phi) is 8.52. The molecule has 164 valence electrons. The van der Waals surface area contributed by atoms with Crippen molar-refractivity contribution in [1.82, 2.24) is 10.6 Å². The summed E-state index contributed by atoms with van der Waals surface area (Å²) in [6.07, 6.45) is 4.72. The van der Waals surface area contributed by atoms with E-state index in [0.717, 1.165) is 49.5 Å². The van der Waals surface area contributed by atoms with Gasteiger partial charge in [-0.1, -0.05) is 38.1 Å². The summed E-state index contributed by atoms with van der Waals surface area (Å²) in [5.74, 6) is 0.887. The van der Waals surface area contributed by atoms with Crippen LogP contribution in [0.3, 0.4) is 0 Å². The smallest absolute Gasteiger partial charge is 0.191 e. The Morgan fingerprint density at radius 2 is 1.76 bits per heavy atom. The Hall–Kier alpha value is -1.60. The first-order valence-electron chi connectivity index (χ1n) is 10.7. The van der Waals surface area contributed by atoms with E-state index in [9.17, 15) is 8.42 Å². The molecule has 1 aromatic rings. The van der Waals surface area contributed by atoms with Crippen LogP contribution in [0.2, 0.25) is 0 Å². The lowest BCUT2D eigenvalue weighted by Gasteiger charge is -2.55. The molecule has 1 fully saturated rings. The number of guanidine groups is 1. The summed E-state index contributed by atoms with van der Waals surface area (Å²) in [4.78, 5) is 4.75. The topological polar surface area (TPSA) is 79.8 Å². The standard InChI is InChI=1S/C22H37N3O3S/c1-6-22(7-2)19(14-20(22)28-9-4)25-21(23-8-3)24-15-17-10-12-18(13-11-17)16-29(5,26)27/h10-13,19-20H,6-9,14-16H2,1-5H3,(H2,23,24,25). The molecule has 6 nitrogen and oxygen atoms in total. The van der Waals surface area contributed by atoms with Gasteiger partial charge in [0.1, 0.15) is 0 Å². The maximum atomic E-state index is 11.4. The van der Waals surface area contributed by atoms with Crippen LogP contribution >= 0.6 is 0 Å². The molecule has 0 saturated heterocycles. The minimum atomic E-state index is -3.02. The summed E-state index contributed by atoms with van der Waals surface area (Å²) in [6, 6.07) is 7.98. The van der Waals surface area contributed by atoms with Gasteiger partial charge in [0.15, 0.2) is 15.8 Å². The molecule has 0 spiro atoms. The van der Waals surface area contributed by atoms with E-state index >= 15 is 0 Å². The summed E-state index contributed by atoms with van der Waals surface area (Å²) in [7, 11) is -3.02. The number of nitrogens with zero attached hydrogens (tertiary/aromatic N) is 1. The molecule has 0 aromatic heterocycles. The number of hydrogen-bond acceptors (Lipinski definition) is 4. The minimum absolute atomic E-state index is 0.0690. The van der Waals surface area contributed by atoms with Gasteiger partial charge in [0.05, 0.1) is 18.4 Å². The summed E-state index contributed by atoms with van der Waals surface area (Å²) in [5.41, 5.74) is 2.01. The second-order valence-electron chi connectivity index (χ2n) is 7.90. The minimum Gasteiger partial charge on any atom is -0.378 e. The Balaban J connectivity index is 2.04. The van der Waals surface area contributed by atoms with E-state index in [1.54, 1.807) is 0 Å². The normalized spacial score (nSPS) is 21.5. The molecule has 7 heteroatoms. The molecule has 2 atom stereocenters. The molecule has 2 unspecified atom stereocenters. The first-order chi connectivity index (χ1) is 13.8. The van der Waals surface area contributed by atoms with Gasteiger partial charge in [-0.3, -0.25) is 0 Å². The van der Waals surface area contributed by atoms with Gasteiger partial charge >= 0.3 is 0 Å². The molecule has 0 radical (unpaired) electrons. The number of rotatable bonds is 10. The van der Waals surface area contributed by atoms with Gasteiger partial charge < -0.3 is 15.4 Å². The number of ether oxygens (including phenoxy) is 1. The maximum absolute atomic E-state index is 11.4. The fourth-order valence-corrected chi connectivity index (χ4v) is 5.08. The SMILES string of the molecule is CCNC(=NCc1ccc(CS(C)(=O)=O)cc1)NC1CC(OCC)C1(CC)CC. The van der Waals surface area contributed by atoms with Crippen LogP contribution in [0.25, 0.3) is 0 Å². The fourth-order valence-electron chi connectivity index (χ4n) is 4.28. The van der Waals surface area contributed by atoms with Crippen LogP contribution in [-0.2, 0) is 26.9 Å². The highest BCUT2D eigenvalue weighted by atomic mass is 32.2. The molecule has 29 heavy (non-hydrogen) atoms. The molecule has 0 heterocycles. The number of nitrogens with one attached hydrogen (secondary N) is 2. The number of sulfone groups is 1. The van der Waals surface area contributed by atoms with Gasteiger partial charge in [-0.25, -0.2) is 13.4 Å². The zero-order chi connectivity index (χ0) is 21.5. The molecule has 1 aromatic carbocycles. The summed E-state index contributed by atoms with van der Waals surface area (Å²) in [5, 5.41) is 6.97. The Bertz CT molecular complexity index is 771. The van der Waals surface area contributed by atoms with E-state index in [4.69, 9.17) is 9.73 Å². The van der Waals surface area contributed by atoms with E-state index in [1.807, 2.05) is 24.3 Å². The molecule has 0 amide bonds. The van der Waals surface area contributed by atoms with E-state index in [-0.39, 0.29) is 11.2 Å². The lowest BCUT2D eigenvalue weighted by molar-refractivity contribution is -0.133. The van der Waals surface area contributed by atoms with Crippen molar-refractivity contribution in [2.75, 3.05) is 19.4 Å².